The van der Waals surface area contributed by atoms with Crippen LogP contribution in [0.25, 0.3) is 0 Å². The molecular weight excluding hydrogens is 390 g/mol. The Morgan fingerprint density at radius 1 is 1.27 bits per heavy atom. The average molecular weight is 410 g/mol. The highest BCUT2D eigenvalue weighted by Crippen LogP contribution is 2.31. The molecular formula is C17H19N3O3S3. The van der Waals surface area contributed by atoms with Crippen molar-refractivity contribution in [1.29, 1.82) is 0 Å². The first kappa shape index (κ1) is 19.1. The van der Waals surface area contributed by atoms with E-state index in [2.05, 4.69) is 22.1 Å². The first-order chi connectivity index (χ1) is 12.6. The van der Waals surface area contributed by atoms with Gasteiger partial charge < -0.3 is 14.8 Å². The van der Waals surface area contributed by atoms with Crippen molar-refractivity contribution < 1.29 is 14.3 Å². The van der Waals surface area contributed by atoms with Gasteiger partial charge in [0.2, 0.25) is 5.91 Å². The third-order valence-corrected chi connectivity index (χ3v) is 6.67. The number of carbonyl (C=O) groups excluding carboxylic acids is 1. The summed E-state index contributed by atoms with van der Waals surface area (Å²) in [5, 5.41) is 11.1. The molecule has 9 heteroatoms. The van der Waals surface area contributed by atoms with Gasteiger partial charge in [0.15, 0.2) is 20.2 Å². The lowest BCUT2D eigenvalue weighted by Gasteiger charge is -2.26. The number of nitrogens with one attached hydrogen (secondary N) is 1. The number of ether oxygens (including phenoxy) is 2. The topological polar surface area (TPSA) is 73.3 Å². The van der Waals surface area contributed by atoms with E-state index >= 15 is 0 Å². The van der Waals surface area contributed by atoms with Crippen molar-refractivity contribution in [1.82, 2.24) is 15.5 Å². The maximum Gasteiger partial charge on any atom is 0.230 e. The number of hydrogen-bond acceptors (Lipinski definition) is 8. The van der Waals surface area contributed by atoms with Crippen LogP contribution in [0.5, 0.6) is 11.5 Å². The van der Waals surface area contributed by atoms with E-state index in [1.807, 2.05) is 31.2 Å². The molecule has 1 aliphatic heterocycles. The summed E-state index contributed by atoms with van der Waals surface area (Å²) in [4.78, 5) is 12.0. The number of aromatic nitrogens is 2. The minimum Gasteiger partial charge on any atom is -0.486 e. The van der Waals surface area contributed by atoms with Crippen molar-refractivity contribution in [2.75, 3.05) is 24.7 Å². The van der Waals surface area contributed by atoms with Gasteiger partial charge >= 0.3 is 0 Å². The van der Waals surface area contributed by atoms with Gasteiger partial charge in [0.05, 0.1) is 12.3 Å². The number of thioether (sulfide) groups is 2. The molecule has 0 spiro atoms. The molecule has 1 amide bonds. The maximum absolute atomic E-state index is 12.0. The summed E-state index contributed by atoms with van der Waals surface area (Å²) in [6.07, 6.45) is -0.189. The Hall–Kier alpha value is -1.71. The largest absolute Gasteiger partial charge is 0.486 e. The standard InChI is InChI=1S/C17H19N3O3S3/c1-11(2)9-24-16-19-20-17(26-16)25-10-15(21)18-7-12-8-22-13-5-3-4-6-14(13)23-12/h3-6,12H,1,7-10H2,2H3,(H,18,21)/t12-/m1/s1. The van der Waals surface area contributed by atoms with E-state index in [9.17, 15) is 4.79 Å². The predicted octanol–water partition coefficient (Wildman–Crippen LogP) is 3.25. The molecule has 1 aliphatic rings. The van der Waals surface area contributed by atoms with Crippen molar-refractivity contribution in [3.63, 3.8) is 0 Å². The lowest BCUT2D eigenvalue weighted by Crippen LogP contribution is -2.41. The molecule has 0 saturated heterocycles. The molecule has 0 fully saturated rings. The number of nitrogens with zero attached hydrogens (tertiary/aromatic N) is 2. The van der Waals surface area contributed by atoms with E-state index in [-0.39, 0.29) is 12.0 Å². The monoisotopic (exact) mass is 409 g/mol. The van der Waals surface area contributed by atoms with Gasteiger partial charge in [0.1, 0.15) is 12.7 Å². The molecule has 0 saturated carbocycles. The molecule has 1 atom stereocenters. The van der Waals surface area contributed by atoms with E-state index in [0.29, 0.717) is 24.7 Å². The van der Waals surface area contributed by atoms with Crippen LogP contribution in [0.2, 0.25) is 0 Å². The molecule has 6 nitrogen and oxygen atoms in total. The third kappa shape index (κ3) is 5.65. The molecule has 1 aromatic heterocycles. The molecule has 0 radical (unpaired) electrons. The molecule has 138 valence electrons. The van der Waals surface area contributed by atoms with Crippen molar-refractivity contribution in [3.05, 3.63) is 36.4 Å². The molecule has 1 N–H and O–H groups in total. The SMILES string of the molecule is C=C(C)CSc1nnc(SCC(=O)NC[C@@H]2COc3ccccc3O2)s1. The zero-order valence-electron chi connectivity index (χ0n) is 14.3. The summed E-state index contributed by atoms with van der Waals surface area (Å²) >= 11 is 4.49. The quantitative estimate of drug-likeness (QED) is 0.530. The number of rotatable bonds is 8. The Labute approximate surface area is 164 Å². The Balaban J connectivity index is 1.38. The Morgan fingerprint density at radius 2 is 1.96 bits per heavy atom. The van der Waals surface area contributed by atoms with E-state index in [1.54, 1.807) is 11.8 Å². The van der Waals surface area contributed by atoms with Crippen LogP contribution < -0.4 is 14.8 Å². The zero-order valence-corrected chi connectivity index (χ0v) is 16.7. The van der Waals surface area contributed by atoms with Crippen molar-refractivity contribution in [2.45, 2.75) is 21.7 Å². The highest BCUT2D eigenvalue weighted by Gasteiger charge is 2.21. The molecule has 0 aliphatic carbocycles. The van der Waals surface area contributed by atoms with Crippen LogP contribution in [0.1, 0.15) is 6.92 Å². The van der Waals surface area contributed by atoms with Crippen LogP contribution in [0.3, 0.4) is 0 Å². The normalized spacial score (nSPS) is 15.5. The first-order valence-corrected chi connectivity index (χ1v) is 10.8. The number of fused-ring (bicyclic) bond motifs is 1. The fraction of sp³-hybridized carbons (Fsp3) is 0.353. The molecule has 26 heavy (non-hydrogen) atoms. The Kier molecular flexibility index (Phi) is 6.81. The summed E-state index contributed by atoms with van der Waals surface area (Å²) in [7, 11) is 0. The fourth-order valence-corrected chi connectivity index (χ4v) is 4.76. The molecule has 2 heterocycles. The number of carbonyl (C=O) groups is 1. The highest BCUT2D eigenvalue weighted by atomic mass is 32.2. The first-order valence-electron chi connectivity index (χ1n) is 7.99. The van der Waals surface area contributed by atoms with Crippen molar-refractivity contribution in [3.8, 4) is 11.5 Å². The van der Waals surface area contributed by atoms with E-state index < -0.39 is 0 Å². The number of para-hydroxylation sites is 2. The second-order valence-electron chi connectivity index (χ2n) is 5.67. The van der Waals surface area contributed by atoms with Gasteiger partial charge in [-0.25, -0.2) is 0 Å². The molecule has 2 aromatic rings. The van der Waals surface area contributed by atoms with E-state index in [1.165, 1.54) is 23.1 Å². The Morgan fingerprint density at radius 3 is 2.69 bits per heavy atom. The van der Waals surface area contributed by atoms with Crippen LogP contribution in [-0.4, -0.2) is 46.9 Å². The molecule has 3 rings (SSSR count). The third-order valence-electron chi connectivity index (χ3n) is 3.25. The number of amides is 1. The summed E-state index contributed by atoms with van der Waals surface area (Å²) in [5.74, 6) is 2.50. The van der Waals surface area contributed by atoms with Gasteiger partial charge in [-0.2, -0.15) is 0 Å². The van der Waals surface area contributed by atoms with Crippen LogP contribution in [-0.2, 0) is 4.79 Å². The lowest BCUT2D eigenvalue weighted by molar-refractivity contribution is -0.119. The van der Waals surface area contributed by atoms with Gasteiger partial charge in [-0.15, -0.1) is 10.2 Å². The van der Waals surface area contributed by atoms with Crippen LogP contribution in [0.15, 0.2) is 45.1 Å². The van der Waals surface area contributed by atoms with Crippen LogP contribution >= 0.6 is 34.9 Å². The van der Waals surface area contributed by atoms with Gasteiger partial charge in [0, 0.05) is 5.75 Å². The van der Waals surface area contributed by atoms with E-state index in [0.717, 1.165) is 25.8 Å². The van der Waals surface area contributed by atoms with Gasteiger partial charge in [0.25, 0.3) is 0 Å². The minimum atomic E-state index is -0.189. The van der Waals surface area contributed by atoms with Crippen LogP contribution in [0, 0.1) is 0 Å². The molecule has 0 bridgehead atoms. The van der Waals surface area contributed by atoms with Crippen molar-refractivity contribution in [2.24, 2.45) is 0 Å². The number of benzene rings is 1. The lowest BCUT2D eigenvalue weighted by atomic mass is 10.2. The van der Waals surface area contributed by atoms with Crippen molar-refractivity contribution >= 4 is 40.8 Å². The minimum absolute atomic E-state index is 0.0659. The van der Waals surface area contributed by atoms with E-state index in [4.69, 9.17) is 9.47 Å². The van der Waals surface area contributed by atoms with Crippen LogP contribution in [0.4, 0.5) is 0 Å². The smallest absolute Gasteiger partial charge is 0.230 e. The maximum atomic E-state index is 12.0. The zero-order chi connectivity index (χ0) is 18.4. The summed E-state index contributed by atoms with van der Waals surface area (Å²) in [6.45, 7) is 6.67. The second-order valence-corrected chi connectivity index (χ2v) is 9.09. The Bertz CT molecular complexity index is 781. The predicted molar refractivity (Wildman–Crippen MR) is 106 cm³/mol. The molecule has 1 aromatic carbocycles. The average Bonchev–Trinajstić information content (AvgIpc) is 3.11. The van der Waals surface area contributed by atoms with Gasteiger partial charge in [-0.1, -0.05) is 59.1 Å². The van der Waals surface area contributed by atoms with Gasteiger partial charge in [-0.3, -0.25) is 4.79 Å². The summed E-state index contributed by atoms with van der Waals surface area (Å²) in [6, 6.07) is 7.52. The molecule has 0 unspecified atom stereocenters. The van der Waals surface area contributed by atoms with Gasteiger partial charge in [-0.05, 0) is 19.1 Å². The number of hydrogen-bond donors (Lipinski definition) is 1. The fourth-order valence-electron chi connectivity index (χ4n) is 2.07. The highest BCUT2D eigenvalue weighted by molar-refractivity contribution is 8.03. The second kappa shape index (κ2) is 9.29. The summed E-state index contributed by atoms with van der Waals surface area (Å²) < 4.78 is 13.1. The summed E-state index contributed by atoms with van der Waals surface area (Å²) in [5.41, 5.74) is 1.09.